The van der Waals surface area contributed by atoms with E-state index in [0.29, 0.717) is 5.69 Å². The van der Waals surface area contributed by atoms with Gasteiger partial charge in [-0.05, 0) is 17.7 Å². The van der Waals surface area contributed by atoms with Gasteiger partial charge in [0.2, 0.25) is 0 Å². The third kappa shape index (κ3) is 3.99. The fraction of sp³-hybridized carbons (Fsp3) is 0.154. The van der Waals surface area contributed by atoms with Crippen LogP contribution in [-0.4, -0.2) is 13.1 Å². The van der Waals surface area contributed by atoms with Crippen LogP contribution in [0.25, 0.3) is 0 Å². The summed E-state index contributed by atoms with van der Waals surface area (Å²) < 4.78 is 4.57. The van der Waals surface area contributed by atoms with Gasteiger partial charge in [-0.25, -0.2) is 0 Å². The lowest BCUT2D eigenvalue weighted by Crippen LogP contribution is -2.04. The second-order valence-corrected chi connectivity index (χ2v) is 3.38. The number of methoxy groups -OCH3 is 1. The smallest absolute Gasteiger partial charge is 0.309 e. The van der Waals surface area contributed by atoms with Crippen molar-refractivity contribution in [1.82, 2.24) is 0 Å². The Labute approximate surface area is 105 Å². The second-order valence-electron chi connectivity index (χ2n) is 3.38. The molecule has 5 heteroatoms. The van der Waals surface area contributed by atoms with E-state index in [1.54, 1.807) is 36.4 Å². The molecular formula is C13H11N3O2. The van der Waals surface area contributed by atoms with Crippen LogP contribution in [0.1, 0.15) is 5.56 Å². The summed E-state index contributed by atoms with van der Waals surface area (Å²) in [4.78, 5) is 11.1. The molecule has 18 heavy (non-hydrogen) atoms. The monoisotopic (exact) mass is 241 g/mol. The normalized spacial score (nSPS) is 8.61. The van der Waals surface area contributed by atoms with Crippen molar-refractivity contribution in [3.8, 4) is 12.1 Å². The summed E-state index contributed by atoms with van der Waals surface area (Å²) >= 11 is 0. The van der Waals surface area contributed by atoms with E-state index in [1.807, 2.05) is 0 Å². The first-order valence-electron chi connectivity index (χ1n) is 5.12. The van der Waals surface area contributed by atoms with Crippen molar-refractivity contribution in [2.45, 2.75) is 6.42 Å². The fourth-order valence-corrected chi connectivity index (χ4v) is 1.25. The van der Waals surface area contributed by atoms with Crippen LogP contribution in [0.2, 0.25) is 0 Å². The largest absolute Gasteiger partial charge is 0.469 e. The van der Waals surface area contributed by atoms with Gasteiger partial charge < -0.3 is 10.1 Å². The summed E-state index contributed by atoms with van der Waals surface area (Å²) in [5, 5.41) is 20.0. The molecule has 0 saturated heterocycles. The highest BCUT2D eigenvalue weighted by Gasteiger charge is 2.03. The number of hydrogen-bond donors (Lipinski definition) is 1. The molecule has 0 aliphatic rings. The molecule has 90 valence electrons. The van der Waals surface area contributed by atoms with Gasteiger partial charge in [0.15, 0.2) is 0 Å². The molecule has 0 radical (unpaired) electrons. The zero-order chi connectivity index (χ0) is 13.4. The zero-order valence-corrected chi connectivity index (χ0v) is 9.80. The summed E-state index contributed by atoms with van der Waals surface area (Å²) in [6, 6.07) is 10.6. The van der Waals surface area contributed by atoms with Gasteiger partial charge in [0.25, 0.3) is 0 Å². The van der Waals surface area contributed by atoms with Gasteiger partial charge in [-0.3, -0.25) is 4.79 Å². The molecule has 0 fully saturated rings. The van der Waals surface area contributed by atoms with Crippen molar-refractivity contribution < 1.29 is 9.53 Å². The lowest BCUT2D eigenvalue weighted by atomic mass is 10.1. The number of allylic oxidation sites excluding steroid dienone is 1. The number of benzene rings is 1. The Hall–Kier alpha value is -2.79. The molecule has 1 aromatic rings. The van der Waals surface area contributed by atoms with E-state index in [2.05, 4.69) is 10.1 Å². The molecule has 0 aliphatic carbocycles. The number of rotatable bonds is 4. The SMILES string of the molecule is COC(=O)Cc1cccc(NC=C(C#N)C#N)c1. The van der Waals surface area contributed by atoms with Gasteiger partial charge >= 0.3 is 5.97 Å². The Morgan fingerprint density at radius 3 is 2.78 bits per heavy atom. The molecular weight excluding hydrogens is 230 g/mol. The number of anilines is 1. The first kappa shape index (κ1) is 13.3. The minimum Gasteiger partial charge on any atom is -0.469 e. The first-order valence-corrected chi connectivity index (χ1v) is 5.12. The van der Waals surface area contributed by atoms with E-state index in [4.69, 9.17) is 10.5 Å². The summed E-state index contributed by atoms with van der Waals surface area (Å²) in [6.07, 6.45) is 1.50. The van der Waals surface area contributed by atoms with Crippen LogP contribution in [-0.2, 0) is 16.0 Å². The number of nitrogens with zero attached hydrogens (tertiary/aromatic N) is 2. The van der Waals surface area contributed by atoms with Crippen molar-refractivity contribution in [1.29, 1.82) is 10.5 Å². The summed E-state index contributed by atoms with van der Waals surface area (Å²) in [6.45, 7) is 0. The maximum absolute atomic E-state index is 11.1. The van der Waals surface area contributed by atoms with Gasteiger partial charge in [-0.1, -0.05) is 12.1 Å². The molecule has 0 atom stereocenters. The van der Waals surface area contributed by atoms with Crippen molar-refractivity contribution in [3.63, 3.8) is 0 Å². The number of ether oxygens (including phenoxy) is 1. The molecule has 1 rings (SSSR count). The van der Waals surface area contributed by atoms with Crippen molar-refractivity contribution in [2.75, 3.05) is 12.4 Å². The maximum atomic E-state index is 11.1. The van der Waals surface area contributed by atoms with Gasteiger partial charge in [-0.15, -0.1) is 0 Å². The fourth-order valence-electron chi connectivity index (χ4n) is 1.25. The van der Waals surface area contributed by atoms with Crippen molar-refractivity contribution in [2.24, 2.45) is 0 Å². The van der Waals surface area contributed by atoms with Gasteiger partial charge in [0.05, 0.1) is 13.5 Å². The third-order valence-corrected chi connectivity index (χ3v) is 2.13. The molecule has 0 bridgehead atoms. The van der Waals surface area contributed by atoms with E-state index in [1.165, 1.54) is 13.3 Å². The third-order valence-electron chi connectivity index (χ3n) is 2.13. The average molecular weight is 241 g/mol. The van der Waals surface area contributed by atoms with E-state index < -0.39 is 0 Å². The second kappa shape index (κ2) is 6.72. The molecule has 0 aromatic heterocycles. The van der Waals surface area contributed by atoms with Gasteiger partial charge in [0, 0.05) is 11.9 Å². The molecule has 1 aromatic carbocycles. The lowest BCUT2D eigenvalue weighted by Gasteiger charge is -2.04. The van der Waals surface area contributed by atoms with E-state index in [0.717, 1.165) is 5.56 Å². The van der Waals surface area contributed by atoms with E-state index in [-0.39, 0.29) is 18.0 Å². The van der Waals surface area contributed by atoms with Crippen LogP contribution in [0.15, 0.2) is 36.0 Å². The number of carbonyl (C=O) groups excluding carboxylic acids is 1. The first-order chi connectivity index (χ1) is 8.69. The zero-order valence-electron chi connectivity index (χ0n) is 9.80. The van der Waals surface area contributed by atoms with Crippen LogP contribution >= 0.6 is 0 Å². The number of esters is 1. The summed E-state index contributed by atoms with van der Waals surface area (Å²) in [7, 11) is 1.33. The molecule has 0 saturated carbocycles. The standard InChI is InChI=1S/C13H11N3O2/c1-18-13(17)6-10-3-2-4-12(5-10)16-9-11(7-14)8-15/h2-5,9,16H,6H2,1H3. The molecule has 0 amide bonds. The maximum Gasteiger partial charge on any atom is 0.309 e. The number of nitriles is 2. The number of hydrogen-bond acceptors (Lipinski definition) is 5. The van der Waals surface area contributed by atoms with Crippen LogP contribution in [0, 0.1) is 22.7 Å². The average Bonchev–Trinajstić information content (AvgIpc) is 2.40. The molecule has 0 aliphatic heterocycles. The van der Waals surface area contributed by atoms with Crippen LogP contribution in [0.5, 0.6) is 0 Å². The minimum absolute atomic E-state index is 0.0200. The Morgan fingerprint density at radius 2 is 2.17 bits per heavy atom. The van der Waals surface area contributed by atoms with Crippen LogP contribution in [0.4, 0.5) is 5.69 Å². The molecule has 5 nitrogen and oxygen atoms in total. The number of nitrogens with one attached hydrogen (secondary N) is 1. The lowest BCUT2D eigenvalue weighted by molar-refractivity contribution is -0.139. The topological polar surface area (TPSA) is 85.9 Å². The molecule has 0 spiro atoms. The van der Waals surface area contributed by atoms with Crippen LogP contribution in [0.3, 0.4) is 0 Å². The van der Waals surface area contributed by atoms with Gasteiger partial charge in [-0.2, -0.15) is 10.5 Å². The predicted molar refractivity (Wildman–Crippen MR) is 65.1 cm³/mol. The van der Waals surface area contributed by atoms with E-state index in [9.17, 15) is 4.79 Å². The van der Waals surface area contributed by atoms with E-state index >= 15 is 0 Å². The minimum atomic E-state index is -0.322. The molecule has 0 heterocycles. The van der Waals surface area contributed by atoms with Crippen LogP contribution < -0.4 is 5.32 Å². The summed E-state index contributed by atoms with van der Waals surface area (Å²) in [5.41, 5.74) is 1.46. The Morgan fingerprint density at radius 1 is 1.44 bits per heavy atom. The van der Waals surface area contributed by atoms with Crippen molar-refractivity contribution >= 4 is 11.7 Å². The van der Waals surface area contributed by atoms with Crippen molar-refractivity contribution in [3.05, 3.63) is 41.6 Å². The quantitative estimate of drug-likeness (QED) is 0.641. The predicted octanol–water partition coefficient (Wildman–Crippen LogP) is 1.75. The Balaban J connectivity index is 2.78. The molecule has 1 N–H and O–H groups in total. The Kier molecular flexibility index (Phi) is 4.96. The highest BCUT2D eigenvalue weighted by molar-refractivity contribution is 5.73. The summed E-state index contributed by atoms with van der Waals surface area (Å²) in [5.74, 6) is -0.322. The highest BCUT2D eigenvalue weighted by atomic mass is 16.5. The number of carbonyl (C=O) groups is 1. The van der Waals surface area contributed by atoms with Gasteiger partial charge in [0.1, 0.15) is 17.7 Å². The Bertz CT molecular complexity index is 534. The molecule has 0 unspecified atom stereocenters. The highest BCUT2D eigenvalue weighted by Crippen LogP contribution is 2.12.